The van der Waals surface area contributed by atoms with Gasteiger partial charge in [0.05, 0.1) is 31.3 Å². The third kappa shape index (κ3) is 4.90. The summed E-state index contributed by atoms with van der Waals surface area (Å²) in [6, 6.07) is 11.1. The third-order valence-corrected chi connectivity index (χ3v) is 5.00. The van der Waals surface area contributed by atoms with Gasteiger partial charge in [-0.1, -0.05) is 24.1 Å². The number of carbonyl (C=O) groups is 1. The molecule has 26 heavy (non-hydrogen) atoms. The van der Waals surface area contributed by atoms with Crippen molar-refractivity contribution in [2.45, 2.75) is 26.4 Å². The van der Waals surface area contributed by atoms with E-state index in [-0.39, 0.29) is 19.0 Å². The lowest BCUT2D eigenvalue weighted by atomic mass is 10.2. The summed E-state index contributed by atoms with van der Waals surface area (Å²) in [7, 11) is -3.65. The van der Waals surface area contributed by atoms with Crippen LogP contribution < -0.4 is 4.31 Å². The molecular weight excluding hydrogens is 352 g/mol. The summed E-state index contributed by atoms with van der Waals surface area (Å²) < 4.78 is 31.1. The molecule has 1 heterocycles. The van der Waals surface area contributed by atoms with Crippen molar-refractivity contribution in [3.05, 3.63) is 54.5 Å². The van der Waals surface area contributed by atoms with E-state index in [2.05, 4.69) is 11.8 Å². The molecule has 1 amide bonds. The molecule has 0 radical (unpaired) electrons. The van der Waals surface area contributed by atoms with Crippen LogP contribution in [0.25, 0.3) is 0 Å². The Morgan fingerprint density at radius 3 is 2.42 bits per heavy atom. The van der Waals surface area contributed by atoms with E-state index in [0.717, 1.165) is 10.6 Å². The first-order valence-corrected chi connectivity index (χ1v) is 9.94. The summed E-state index contributed by atoms with van der Waals surface area (Å²) in [6.07, 6.45) is 2.62. The average Bonchev–Trinajstić information content (AvgIpc) is 3.11. The van der Waals surface area contributed by atoms with Crippen LogP contribution in [0.1, 0.15) is 19.6 Å². The molecule has 1 aromatic heterocycles. The second-order valence-corrected chi connectivity index (χ2v) is 7.63. The maximum Gasteiger partial charge on any atom is 0.247 e. The molecule has 0 fully saturated rings. The zero-order chi connectivity index (χ0) is 19.2. The van der Waals surface area contributed by atoms with Gasteiger partial charge in [0.1, 0.15) is 11.8 Å². The van der Waals surface area contributed by atoms with Gasteiger partial charge in [0.25, 0.3) is 0 Å². The normalized spacial score (nSPS) is 12.0. The number of amides is 1. The summed E-state index contributed by atoms with van der Waals surface area (Å²) in [5, 5.41) is 0. The Labute approximate surface area is 154 Å². The van der Waals surface area contributed by atoms with Crippen LogP contribution in [-0.4, -0.2) is 38.1 Å². The number of furan rings is 1. The van der Waals surface area contributed by atoms with Crippen molar-refractivity contribution in [3.8, 4) is 11.8 Å². The van der Waals surface area contributed by atoms with Crippen LogP contribution in [0.15, 0.2) is 53.1 Å². The van der Waals surface area contributed by atoms with Crippen LogP contribution in [0.2, 0.25) is 0 Å². The molecule has 138 valence electrons. The number of hydrogen-bond donors (Lipinski definition) is 0. The molecule has 1 atom stereocenters. The Morgan fingerprint density at radius 1 is 1.19 bits per heavy atom. The first-order chi connectivity index (χ1) is 12.3. The lowest BCUT2D eigenvalue weighted by molar-refractivity contribution is -0.132. The Morgan fingerprint density at radius 2 is 1.88 bits per heavy atom. The van der Waals surface area contributed by atoms with Crippen LogP contribution in [0.5, 0.6) is 0 Å². The number of para-hydroxylation sites is 1. The van der Waals surface area contributed by atoms with Crippen molar-refractivity contribution in [1.82, 2.24) is 4.90 Å². The highest BCUT2D eigenvalue weighted by Crippen LogP contribution is 2.21. The summed E-state index contributed by atoms with van der Waals surface area (Å²) in [5.41, 5.74) is 0.440. The van der Waals surface area contributed by atoms with Crippen molar-refractivity contribution in [2.24, 2.45) is 0 Å². The molecule has 0 spiro atoms. The van der Waals surface area contributed by atoms with Crippen molar-refractivity contribution >= 4 is 21.6 Å². The lowest BCUT2D eigenvalue weighted by Crippen LogP contribution is -2.49. The van der Waals surface area contributed by atoms with Gasteiger partial charge in [-0.05, 0) is 38.1 Å². The van der Waals surface area contributed by atoms with Crippen LogP contribution in [-0.2, 0) is 21.4 Å². The van der Waals surface area contributed by atoms with Crippen LogP contribution in [0.4, 0.5) is 5.69 Å². The third-order valence-electron chi connectivity index (χ3n) is 3.76. The number of carbonyl (C=O) groups excluding carboxylic acids is 1. The zero-order valence-corrected chi connectivity index (χ0v) is 15.9. The van der Waals surface area contributed by atoms with E-state index in [1.165, 1.54) is 11.2 Å². The lowest BCUT2D eigenvalue weighted by Gasteiger charge is -2.31. The monoisotopic (exact) mass is 374 g/mol. The quantitative estimate of drug-likeness (QED) is 0.698. The van der Waals surface area contributed by atoms with Crippen molar-refractivity contribution in [1.29, 1.82) is 0 Å². The molecule has 0 aliphatic rings. The van der Waals surface area contributed by atoms with Crippen LogP contribution >= 0.6 is 0 Å². The van der Waals surface area contributed by atoms with E-state index >= 15 is 0 Å². The van der Waals surface area contributed by atoms with Crippen LogP contribution in [0.3, 0.4) is 0 Å². The van der Waals surface area contributed by atoms with Gasteiger partial charge < -0.3 is 9.32 Å². The summed E-state index contributed by atoms with van der Waals surface area (Å²) >= 11 is 0. The molecule has 2 rings (SSSR count). The number of benzene rings is 1. The molecule has 1 aromatic carbocycles. The molecule has 0 aliphatic carbocycles. The predicted octanol–water partition coefficient (Wildman–Crippen LogP) is 2.49. The maximum absolute atomic E-state index is 13.0. The van der Waals surface area contributed by atoms with Gasteiger partial charge in [-0.15, -0.1) is 5.92 Å². The molecule has 0 saturated heterocycles. The number of rotatable bonds is 7. The van der Waals surface area contributed by atoms with E-state index in [1.807, 2.05) is 0 Å². The predicted molar refractivity (Wildman–Crippen MR) is 101 cm³/mol. The Balaban J connectivity index is 2.33. The molecule has 0 aliphatic heterocycles. The first-order valence-electron chi connectivity index (χ1n) is 8.10. The molecular formula is C19H22N2O4S. The standard InChI is InChI=1S/C19H22N2O4S/c1-4-5-13-20(15-18-12-9-14-25-18)19(22)16(2)21(26(3,23)24)17-10-7-6-8-11-17/h6-12,14,16H,13,15H2,1-3H3/t16-/m1/s1. The highest BCUT2D eigenvalue weighted by molar-refractivity contribution is 7.92. The molecule has 0 saturated carbocycles. The Hall–Kier alpha value is -2.72. The highest BCUT2D eigenvalue weighted by Gasteiger charge is 2.32. The van der Waals surface area contributed by atoms with Gasteiger partial charge in [-0.2, -0.15) is 0 Å². The van der Waals surface area contributed by atoms with Crippen LogP contribution in [0, 0.1) is 11.8 Å². The second-order valence-electron chi connectivity index (χ2n) is 5.77. The van der Waals surface area contributed by atoms with Crippen molar-refractivity contribution in [3.63, 3.8) is 0 Å². The summed E-state index contributed by atoms with van der Waals surface area (Å²) in [6.45, 7) is 3.67. The van der Waals surface area contributed by atoms with Crippen molar-refractivity contribution < 1.29 is 17.6 Å². The molecule has 0 N–H and O–H groups in total. The largest absolute Gasteiger partial charge is 0.467 e. The second kappa shape index (κ2) is 8.59. The topological polar surface area (TPSA) is 70.8 Å². The van der Waals surface area contributed by atoms with Gasteiger partial charge in [0.2, 0.25) is 15.9 Å². The molecule has 0 unspecified atom stereocenters. The maximum atomic E-state index is 13.0. The minimum absolute atomic E-state index is 0.187. The Kier molecular flexibility index (Phi) is 6.47. The molecule has 7 heteroatoms. The van der Waals surface area contributed by atoms with Gasteiger partial charge in [-0.3, -0.25) is 9.10 Å². The minimum Gasteiger partial charge on any atom is -0.467 e. The fourth-order valence-corrected chi connectivity index (χ4v) is 3.79. The minimum atomic E-state index is -3.65. The number of hydrogen-bond acceptors (Lipinski definition) is 4. The molecule has 0 bridgehead atoms. The fourth-order valence-electron chi connectivity index (χ4n) is 2.62. The molecule has 2 aromatic rings. The first kappa shape index (κ1) is 19.6. The van der Waals surface area contributed by atoms with E-state index in [0.29, 0.717) is 11.4 Å². The fraction of sp³-hybridized carbons (Fsp3) is 0.316. The van der Waals surface area contributed by atoms with Gasteiger partial charge in [0, 0.05) is 0 Å². The van der Waals surface area contributed by atoms with E-state index in [1.54, 1.807) is 56.3 Å². The van der Waals surface area contributed by atoms with Gasteiger partial charge in [0.15, 0.2) is 0 Å². The number of anilines is 1. The van der Waals surface area contributed by atoms with Gasteiger partial charge in [-0.25, -0.2) is 8.42 Å². The van der Waals surface area contributed by atoms with E-state index in [9.17, 15) is 13.2 Å². The average molecular weight is 374 g/mol. The smallest absolute Gasteiger partial charge is 0.247 e. The van der Waals surface area contributed by atoms with Crippen molar-refractivity contribution in [2.75, 3.05) is 17.1 Å². The summed E-state index contributed by atoms with van der Waals surface area (Å²) in [4.78, 5) is 14.5. The Bertz CT molecular complexity index is 881. The SMILES string of the molecule is CC#CCN(Cc1ccco1)C(=O)[C@@H](C)N(c1ccccc1)S(C)(=O)=O. The van der Waals surface area contributed by atoms with E-state index in [4.69, 9.17) is 4.42 Å². The van der Waals surface area contributed by atoms with Gasteiger partial charge >= 0.3 is 0 Å². The van der Waals surface area contributed by atoms with E-state index < -0.39 is 16.1 Å². The zero-order valence-electron chi connectivity index (χ0n) is 15.0. The summed E-state index contributed by atoms with van der Waals surface area (Å²) in [5.74, 6) is 5.87. The highest BCUT2D eigenvalue weighted by atomic mass is 32.2. The number of nitrogens with zero attached hydrogens (tertiary/aromatic N) is 2. The number of sulfonamides is 1. The molecule has 6 nitrogen and oxygen atoms in total.